The lowest BCUT2D eigenvalue weighted by molar-refractivity contribution is 0.628. The smallest absolute Gasteiger partial charge is 0.163 e. The summed E-state index contributed by atoms with van der Waals surface area (Å²) in [6, 6.07) is 16.6. The quantitative estimate of drug-likeness (QED) is 0.586. The minimum atomic E-state index is -0.296. The molecule has 0 fully saturated rings. The lowest BCUT2D eigenvalue weighted by atomic mass is 10.1. The van der Waals surface area contributed by atoms with Crippen molar-refractivity contribution in [2.24, 2.45) is 0 Å². The second-order valence-corrected chi connectivity index (χ2v) is 6.10. The highest BCUT2D eigenvalue weighted by molar-refractivity contribution is 5.88. The molecule has 0 radical (unpaired) electrons. The molecule has 1 N–H and O–H groups in total. The first-order valence-electron chi connectivity index (χ1n) is 8.46. The molecule has 0 aliphatic rings. The van der Waals surface area contributed by atoms with Gasteiger partial charge >= 0.3 is 0 Å². The van der Waals surface area contributed by atoms with Crippen molar-refractivity contribution in [2.45, 2.75) is 19.9 Å². The Morgan fingerprint density at radius 3 is 2.69 bits per heavy atom. The standard InChI is InChI=1S/C20H18FN5/c1-14-23-19(25-17-9-5-8-16(21)12-17)18-13-22-26(20(18)24-14)11-10-15-6-3-2-4-7-15/h2-9,12-13H,10-11H2,1H3,(H,23,24,25). The fraction of sp³-hybridized carbons (Fsp3) is 0.150. The van der Waals surface area contributed by atoms with E-state index >= 15 is 0 Å². The van der Waals surface area contributed by atoms with Crippen molar-refractivity contribution < 1.29 is 4.39 Å². The molecule has 0 bridgehead atoms. The minimum Gasteiger partial charge on any atom is -0.339 e. The number of benzene rings is 2. The predicted octanol–water partition coefficient (Wildman–Crippen LogP) is 4.26. The van der Waals surface area contributed by atoms with Crippen molar-refractivity contribution in [1.29, 1.82) is 0 Å². The monoisotopic (exact) mass is 347 g/mol. The summed E-state index contributed by atoms with van der Waals surface area (Å²) < 4.78 is 15.3. The lowest BCUT2D eigenvalue weighted by Gasteiger charge is -2.08. The molecule has 0 saturated carbocycles. The van der Waals surface area contributed by atoms with Gasteiger partial charge in [-0.1, -0.05) is 36.4 Å². The minimum absolute atomic E-state index is 0.296. The van der Waals surface area contributed by atoms with Crippen molar-refractivity contribution >= 4 is 22.5 Å². The van der Waals surface area contributed by atoms with Gasteiger partial charge in [-0.2, -0.15) is 5.10 Å². The molecule has 4 aromatic rings. The largest absolute Gasteiger partial charge is 0.339 e. The molecule has 2 heterocycles. The van der Waals surface area contributed by atoms with E-state index in [-0.39, 0.29) is 5.82 Å². The Morgan fingerprint density at radius 1 is 1.04 bits per heavy atom. The van der Waals surface area contributed by atoms with Crippen molar-refractivity contribution in [3.63, 3.8) is 0 Å². The second kappa shape index (κ2) is 6.92. The van der Waals surface area contributed by atoms with Crippen LogP contribution >= 0.6 is 0 Å². The van der Waals surface area contributed by atoms with Crippen LogP contribution in [0.2, 0.25) is 0 Å². The van der Waals surface area contributed by atoms with E-state index in [0.717, 1.165) is 24.0 Å². The van der Waals surface area contributed by atoms with Gasteiger partial charge in [-0.05, 0) is 37.1 Å². The molecule has 0 atom stereocenters. The van der Waals surface area contributed by atoms with Crippen LogP contribution in [-0.4, -0.2) is 19.7 Å². The summed E-state index contributed by atoms with van der Waals surface area (Å²) in [4.78, 5) is 9.00. The Balaban J connectivity index is 1.64. The molecule has 6 heteroatoms. The number of aromatic nitrogens is 4. The number of hydrogen-bond acceptors (Lipinski definition) is 4. The summed E-state index contributed by atoms with van der Waals surface area (Å²) in [7, 11) is 0. The average molecular weight is 347 g/mol. The van der Waals surface area contributed by atoms with E-state index in [0.29, 0.717) is 17.3 Å². The number of anilines is 2. The molecule has 4 rings (SSSR count). The molecule has 130 valence electrons. The van der Waals surface area contributed by atoms with E-state index in [1.54, 1.807) is 18.3 Å². The summed E-state index contributed by atoms with van der Waals surface area (Å²) in [6.45, 7) is 2.56. The molecular weight excluding hydrogens is 329 g/mol. The maximum Gasteiger partial charge on any atom is 0.163 e. The van der Waals surface area contributed by atoms with Crippen LogP contribution in [0, 0.1) is 12.7 Å². The molecule has 5 nitrogen and oxygen atoms in total. The summed E-state index contributed by atoms with van der Waals surface area (Å²) in [5.74, 6) is 0.970. The Bertz CT molecular complexity index is 1040. The van der Waals surface area contributed by atoms with E-state index in [4.69, 9.17) is 0 Å². The molecule has 2 aromatic carbocycles. The molecular formula is C20H18FN5. The number of hydrogen-bond donors (Lipinski definition) is 1. The van der Waals surface area contributed by atoms with E-state index in [9.17, 15) is 4.39 Å². The van der Waals surface area contributed by atoms with Crippen LogP contribution in [0.5, 0.6) is 0 Å². The second-order valence-electron chi connectivity index (χ2n) is 6.10. The van der Waals surface area contributed by atoms with Gasteiger partial charge in [0.1, 0.15) is 17.5 Å². The predicted molar refractivity (Wildman–Crippen MR) is 99.9 cm³/mol. The van der Waals surface area contributed by atoms with Crippen LogP contribution < -0.4 is 5.32 Å². The molecule has 0 unspecified atom stereocenters. The summed E-state index contributed by atoms with van der Waals surface area (Å²) in [5, 5.41) is 8.46. The number of halogens is 1. The SMILES string of the molecule is Cc1nc(Nc2cccc(F)c2)c2cnn(CCc3ccccc3)c2n1. The average Bonchev–Trinajstić information content (AvgIpc) is 3.04. The molecule has 0 aliphatic carbocycles. The van der Waals surface area contributed by atoms with Gasteiger partial charge in [0.15, 0.2) is 5.65 Å². The molecule has 26 heavy (non-hydrogen) atoms. The molecule has 2 aromatic heterocycles. The van der Waals surface area contributed by atoms with Crippen molar-refractivity contribution in [3.8, 4) is 0 Å². The first kappa shape index (κ1) is 16.2. The van der Waals surface area contributed by atoms with Gasteiger partial charge in [0.25, 0.3) is 0 Å². The molecule has 0 saturated heterocycles. The van der Waals surface area contributed by atoms with Gasteiger partial charge in [-0.25, -0.2) is 19.0 Å². The van der Waals surface area contributed by atoms with Crippen LogP contribution in [0.3, 0.4) is 0 Å². The highest BCUT2D eigenvalue weighted by Gasteiger charge is 2.12. The van der Waals surface area contributed by atoms with Crippen molar-refractivity contribution in [2.75, 3.05) is 5.32 Å². The summed E-state index contributed by atoms with van der Waals surface area (Å²) in [5.41, 5.74) is 2.66. The number of rotatable bonds is 5. The van der Waals surface area contributed by atoms with Gasteiger partial charge in [-0.15, -0.1) is 0 Å². The fourth-order valence-corrected chi connectivity index (χ4v) is 2.91. The maximum atomic E-state index is 13.4. The van der Waals surface area contributed by atoms with Crippen LogP contribution in [0.25, 0.3) is 11.0 Å². The fourth-order valence-electron chi connectivity index (χ4n) is 2.91. The van der Waals surface area contributed by atoms with Gasteiger partial charge in [0.05, 0.1) is 11.6 Å². The third kappa shape index (κ3) is 3.39. The van der Waals surface area contributed by atoms with Crippen LogP contribution in [0.4, 0.5) is 15.9 Å². The third-order valence-electron chi connectivity index (χ3n) is 4.15. The van der Waals surface area contributed by atoms with E-state index in [2.05, 4.69) is 32.5 Å². The van der Waals surface area contributed by atoms with Gasteiger partial charge < -0.3 is 5.32 Å². The Kier molecular flexibility index (Phi) is 4.31. The third-order valence-corrected chi connectivity index (χ3v) is 4.15. The van der Waals surface area contributed by atoms with Crippen molar-refractivity contribution in [3.05, 3.63) is 78.0 Å². The Hall–Kier alpha value is -3.28. The van der Waals surface area contributed by atoms with E-state index in [1.165, 1.54) is 17.7 Å². The van der Waals surface area contributed by atoms with Gasteiger partial charge in [0.2, 0.25) is 0 Å². The lowest BCUT2D eigenvalue weighted by Crippen LogP contribution is -2.06. The Labute approximate surface area is 150 Å². The number of nitrogens with zero attached hydrogens (tertiary/aromatic N) is 4. The summed E-state index contributed by atoms with van der Waals surface area (Å²) in [6.07, 6.45) is 2.62. The molecule has 0 amide bonds. The van der Waals surface area contributed by atoms with Gasteiger partial charge in [-0.3, -0.25) is 0 Å². The van der Waals surface area contributed by atoms with Crippen LogP contribution in [0.15, 0.2) is 60.8 Å². The number of nitrogens with one attached hydrogen (secondary N) is 1. The molecule has 0 spiro atoms. The van der Waals surface area contributed by atoms with E-state index in [1.807, 2.05) is 29.8 Å². The van der Waals surface area contributed by atoms with E-state index < -0.39 is 0 Å². The maximum absolute atomic E-state index is 13.4. The van der Waals surface area contributed by atoms with Crippen LogP contribution in [0.1, 0.15) is 11.4 Å². The van der Waals surface area contributed by atoms with Crippen molar-refractivity contribution in [1.82, 2.24) is 19.7 Å². The first-order chi connectivity index (χ1) is 12.7. The zero-order chi connectivity index (χ0) is 17.9. The highest BCUT2D eigenvalue weighted by Crippen LogP contribution is 2.24. The topological polar surface area (TPSA) is 55.6 Å². The zero-order valence-electron chi connectivity index (χ0n) is 14.4. The van der Waals surface area contributed by atoms with Crippen LogP contribution in [-0.2, 0) is 13.0 Å². The first-order valence-corrected chi connectivity index (χ1v) is 8.46. The number of aryl methyl sites for hydroxylation is 3. The van der Waals surface area contributed by atoms with Gasteiger partial charge in [0, 0.05) is 12.2 Å². The normalized spacial score (nSPS) is 11.0. The Morgan fingerprint density at radius 2 is 1.88 bits per heavy atom. The number of fused-ring (bicyclic) bond motifs is 1. The highest BCUT2D eigenvalue weighted by atomic mass is 19.1. The summed E-state index contributed by atoms with van der Waals surface area (Å²) >= 11 is 0. The zero-order valence-corrected chi connectivity index (χ0v) is 14.4. The molecule has 0 aliphatic heterocycles.